The van der Waals surface area contributed by atoms with E-state index in [1.54, 1.807) is 12.4 Å². The van der Waals surface area contributed by atoms with E-state index in [2.05, 4.69) is 9.97 Å². The summed E-state index contributed by atoms with van der Waals surface area (Å²) in [6.45, 7) is -0.965. The molecule has 0 radical (unpaired) electrons. The van der Waals surface area contributed by atoms with Gasteiger partial charge in [-0.15, -0.1) is 0 Å². The lowest BCUT2D eigenvalue weighted by molar-refractivity contribution is 0.0389. The molecule has 1 aromatic heterocycles. The van der Waals surface area contributed by atoms with Crippen molar-refractivity contribution in [3.63, 3.8) is 0 Å². The molecule has 144 valence electrons. The number of alkyl halides is 1. The number of hydrogen-bond donors (Lipinski definition) is 0. The fourth-order valence-electron chi connectivity index (χ4n) is 2.73. The number of aryl methyl sites for hydroxylation is 2. The van der Waals surface area contributed by atoms with E-state index in [0.29, 0.717) is 5.82 Å². The van der Waals surface area contributed by atoms with Gasteiger partial charge in [0.1, 0.15) is 17.3 Å². The van der Waals surface area contributed by atoms with Crippen LogP contribution in [0.5, 0.6) is 0 Å². The van der Waals surface area contributed by atoms with Crippen molar-refractivity contribution >= 4 is 17.5 Å². The number of amides is 1. The highest BCUT2D eigenvalue weighted by Gasteiger charge is 2.35. The van der Waals surface area contributed by atoms with Crippen LogP contribution in [-0.4, -0.2) is 39.5 Å². The molecule has 1 aliphatic heterocycles. The Bertz CT molecular complexity index is 977. The van der Waals surface area contributed by atoms with Crippen LogP contribution in [0, 0.1) is 12.7 Å². The van der Waals surface area contributed by atoms with Gasteiger partial charge in [-0.3, -0.25) is 4.79 Å². The number of carbonyl (C=O) groups excluding carboxylic acids is 1. The Hall–Kier alpha value is -2.08. The maximum Gasteiger partial charge on any atom is 0.253 e. The minimum Gasteiger partial charge on any atom is -0.338 e. The first-order valence-corrected chi connectivity index (χ1v) is 8.96. The molecule has 1 amide bonds. The van der Waals surface area contributed by atoms with Crippen LogP contribution in [0.3, 0.4) is 0 Å². The number of aromatic nitrogens is 2. The van der Waals surface area contributed by atoms with Gasteiger partial charge in [0.05, 0.1) is 5.02 Å². The number of benzene rings is 1. The Morgan fingerprint density at radius 1 is 1.41 bits per heavy atom. The van der Waals surface area contributed by atoms with Gasteiger partial charge < -0.3 is 4.90 Å². The van der Waals surface area contributed by atoms with E-state index in [4.69, 9.17) is 17.1 Å². The molecular formula is C20H22ClF2N3O. The molecule has 1 aliphatic rings. The van der Waals surface area contributed by atoms with E-state index in [9.17, 15) is 9.18 Å². The second-order valence-corrected chi connectivity index (χ2v) is 6.90. The first-order valence-electron chi connectivity index (χ1n) is 10.6. The zero-order valence-corrected chi connectivity index (χ0v) is 15.6. The monoisotopic (exact) mass is 397 g/mol. The number of piperidine rings is 1. The normalized spacial score (nSPS) is 24.5. The molecule has 1 aromatic carbocycles. The number of hydrogen-bond acceptors (Lipinski definition) is 3. The predicted molar refractivity (Wildman–Crippen MR) is 100 cm³/mol. The first-order chi connectivity index (χ1) is 14.3. The van der Waals surface area contributed by atoms with Gasteiger partial charge in [0.2, 0.25) is 0 Å². The molecule has 0 spiro atoms. The molecule has 4 nitrogen and oxygen atoms in total. The molecule has 2 heterocycles. The third kappa shape index (κ3) is 5.01. The lowest BCUT2D eigenvalue weighted by Gasteiger charge is -2.36. The van der Waals surface area contributed by atoms with Crippen LogP contribution < -0.4 is 0 Å². The average molecular weight is 398 g/mol. The third-order valence-electron chi connectivity index (χ3n) is 4.32. The molecule has 0 N–H and O–H groups in total. The van der Waals surface area contributed by atoms with Crippen LogP contribution >= 0.6 is 11.6 Å². The molecule has 1 fully saturated rings. The fourth-order valence-corrected chi connectivity index (χ4v) is 2.91. The zero-order chi connectivity index (χ0) is 23.0. The van der Waals surface area contributed by atoms with Gasteiger partial charge in [-0.2, -0.15) is 0 Å². The van der Waals surface area contributed by atoms with E-state index >= 15 is 4.39 Å². The lowest BCUT2D eigenvalue weighted by Crippen LogP contribution is -2.44. The lowest BCUT2D eigenvalue weighted by atomic mass is 9.88. The number of carbonyl (C=O) groups is 1. The number of halogens is 3. The summed E-state index contributed by atoms with van der Waals surface area (Å²) < 4.78 is 62.1. The van der Waals surface area contributed by atoms with Crippen molar-refractivity contribution in [3.8, 4) is 0 Å². The Morgan fingerprint density at radius 3 is 2.81 bits per heavy atom. The van der Waals surface area contributed by atoms with Crippen LogP contribution in [0.15, 0.2) is 30.6 Å². The summed E-state index contributed by atoms with van der Waals surface area (Å²) in [6.07, 6.45) is -0.524. The van der Waals surface area contributed by atoms with Crippen molar-refractivity contribution in [1.29, 1.82) is 0 Å². The Kier molecular flexibility index (Phi) is 4.58. The molecule has 27 heavy (non-hydrogen) atoms. The number of likely N-dealkylation sites (tertiary alicyclic amines) is 1. The van der Waals surface area contributed by atoms with Crippen molar-refractivity contribution < 1.29 is 19.1 Å². The topological polar surface area (TPSA) is 46.1 Å². The highest BCUT2D eigenvalue weighted by atomic mass is 35.5. The van der Waals surface area contributed by atoms with E-state index in [0.717, 1.165) is 22.6 Å². The molecule has 2 aromatic rings. The molecule has 1 atom stereocenters. The summed E-state index contributed by atoms with van der Waals surface area (Å²) in [5.74, 6) is -1.10. The van der Waals surface area contributed by atoms with Crippen LogP contribution in [-0.2, 0) is 6.42 Å². The van der Waals surface area contributed by atoms with Gasteiger partial charge in [-0.25, -0.2) is 18.7 Å². The maximum atomic E-state index is 15.7. The van der Waals surface area contributed by atoms with Crippen LogP contribution in [0.2, 0.25) is 5.02 Å². The molecular weight excluding hydrogens is 372 g/mol. The van der Waals surface area contributed by atoms with Crippen molar-refractivity contribution in [1.82, 2.24) is 14.9 Å². The third-order valence-corrected chi connectivity index (χ3v) is 4.61. The zero-order valence-electron chi connectivity index (χ0n) is 18.8. The SMILES string of the molecule is [2H]C1([2H])CC(F)(C([2H])([2H])CCc2ncc(C)cn2)CCN1C(=O)c1ccc(F)c(Cl)c1. The van der Waals surface area contributed by atoms with E-state index in [1.165, 1.54) is 6.07 Å². The van der Waals surface area contributed by atoms with Crippen LogP contribution in [0.4, 0.5) is 8.78 Å². The summed E-state index contributed by atoms with van der Waals surface area (Å²) >= 11 is 5.71. The minimum absolute atomic E-state index is 0.0267. The van der Waals surface area contributed by atoms with Crippen molar-refractivity contribution in [3.05, 3.63) is 58.4 Å². The molecule has 0 bridgehead atoms. The molecule has 0 aliphatic carbocycles. The second kappa shape index (κ2) is 8.30. The summed E-state index contributed by atoms with van der Waals surface area (Å²) in [5, 5.41) is -0.280. The maximum absolute atomic E-state index is 15.7. The predicted octanol–water partition coefficient (Wildman–Crippen LogP) is 4.54. The van der Waals surface area contributed by atoms with Gasteiger partial charge >= 0.3 is 0 Å². The first kappa shape index (κ1) is 14.9. The van der Waals surface area contributed by atoms with Crippen LogP contribution in [0.25, 0.3) is 0 Å². The summed E-state index contributed by atoms with van der Waals surface area (Å²) in [6, 6.07) is 3.27. The fraction of sp³-hybridized carbons (Fsp3) is 0.450. The summed E-state index contributed by atoms with van der Waals surface area (Å²) in [5.41, 5.74) is -1.67. The van der Waals surface area contributed by atoms with Gasteiger partial charge in [0, 0.05) is 42.9 Å². The molecule has 3 rings (SSSR count). The average Bonchev–Trinajstić information content (AvgIpc) is 2.68. The van der Waals surface area contributed by atoms with Gasteiger partial charge in [0.25, 0.3) is 5.91 Å². The van der Waals surface area contributed by atoms with E-state index in [1.807, 2.05) is 6.92 Å². The van der Waals surface area contributed by atoms with Crippen molar-refractivity contribution in [2.75, 3.05) is 13.0 Å². The highest BCUT2D eigenvalue weighted by molar-refractivity contribution is 6.31. The van der Waals surface area contributed by atoms with Crippen LogP contribution in [0.1, 0.15) is 52.9 Å². The highest BCUT2D eigenvalue weighted by Crippen LogP contribution is 2.32. The Morgan fingerprint density at radius 2 is 2.15 bits per heavy atom. The molecule has 7 heteroatoms. The smallest absolute Gasteiger partial charge is 0.253 e. The van der Waals surface area contributed by atoms with Gasteiger partial charge in [-0.05, 0) is 56.3 Å². The molecule has 1 saturated heterocycles. The van der Waals surface area contributed by atoms with Gasteiger partial charge in [-0.1, -0.05) is 11.6 Å². The number of nitrogens with zero attached hydrogens (tertiary/aromatic N) is 3. The minimum atomic E-state index is -2.49. The van der Waals surface area contributed by atoms with E-state index < -0.39 is 36.7 Å². The quantitative estimate of drug-likeness (QED) is 0.743. The molecule has 1 unspecified atom stereocenters. The standard InChI is InChI=1S/C20H22ClF2N3O/c1-14-12-24-18(25-13-14)3-2-6-20(23)7-9-26(10-8-20)19(27)15-4-5-17(22)16(21)11-15/h4-5,11-13H,2-3,6-10H2,1H3/i6D2,9D2. The van der Waals surface area contributed by atoms with E-state index in [-0.39, 0.29) is 36.4 Å². The summed E-state index contributed by atoms with van der Waals surface area (Å²) in [4.78, 5) is 21.8. The number of rotatable bonds is 5. The Balaban J connectivity index is 1.74. The summed E-state index contributed by atoms with van der Waals surface area (Å²) in [7, 11) is 0. The largest absolute Gasteiger partial charge is 0.338 e. The molecule has 0 saturated carbocycles. The Labute approximate surface area is 168 Å². The van der Waals surface area contributed by atoms with Gasteiger partial charge in [0.15, 0.2) is 0 Å². The van der Waals surface area contributed by atoms with Crippen molar-refractivity contribution in [2.24, 2.45) is 0 Å². The van der Waals surface area contributed by atoms with Crippen molar-refractivity contribution in [2.45, 2.75) is 44.6 Å². The second-order valence-electron chi connectivity index (χ2n) is 6.49.